The molecule has 0 saturated carbocycles. The molecule has 0 aromatic heterocycles. The molecule has 8 heteroatoms. The number of carbonyl (C=O) groups is 2. The molecular formula is C13H13IN4O3. The molecule has 1 aliphatic rings. The number of amides is 1. The maximum absolute atomic E-state index is 12.1. The summed E-state index contributed by atoms with van der Waals surface area (Å²) in [5, 5.41) is 3.53. The molecule has 1 atom stereocenters. The van der Waals surface area contributed by atoms with Crippen molar-refractivity contribution in [2.75, 3.05) is 25.1 Å². The maximum atomic E-state index is 12.1. The van der Waals surface area contributed by atoms with Crippen molar-refractivity contribution in [1.82, 2.24) is 0 Å². The Balaban J connectivity index is 2.20. The molecule has 2 rings (SSSR count). The van der Waals surface area contributed by atoms with Crippen molar-refractivity contribution in [3.8, 4) is 0 Å². The molecule has 7 nitrogen and oxygen atoms in total. The fourth-order valence-electron chi connectivity index (χ4n) is 2.26. The molecule has 21 heavy (non-hydrogen) atoms. The number of nitrogens with zero attached hydrogens (tertiary/aromatic N) is 4. The summed E-state index contributed by atoms with van der Waals surface area (Å²) in [5.74, 6) is -0.380. The van der Waals surface area contributed by atoms with Crippen LogP contribution in [0.25, 0.3) is 10.4 Å². The summed E-state index contributed by atoms with van der Waals surface area (Å²) in [6, 6.07) is 5.06. The van der Waals surface area contributed by atoms with Gasteiger partial charge in [-0.2, -0.15) is 0 Å². The molecule has 0 spiro atoms. The summed E-state index contributed by atoms with van der Waals surface area (Å²) >= 11 is 2.09. The van der Waals surface area contributed by atoms with E-state index in [0.717, 1.165) is 9.26 Å². The first-order valence-electron chi connectivity index (χ1n) is 6.26. The van der Waals surface area contributed by atoms with Crippen molar-refractivity contribution < 1.29 is 14.3 Å². The predicted molar refractivity (Wildman–Crippen MR) is 85.0 cm³/mol. The zero-order valence-corrected chi connectivity index (χ0v) is 13.5. The number of ether oxygens (including phenoxy) is 1. The summed E-state index contributed by atoms with van der Waals surface area (Å²) in [5.41, 5.74) is 9.55. The zero-order valence-electron chi connectivity index (χ0n) is 11.3. The second-order valence-electron chi connectivity index (χ2n) is 4.65. The van der Waals surface area contributed by atoms with Crippen molar-refractivity contribution in [3.05, 3.63) is 37.8 Å². The first-order valence-corrected chi connectivity index (χ1v) is 7.33. The Morgan fingerprint density at radius 2 is 2.38 bits per heavy atom. The highest BCUT2D eigenvalue weighted by molar-refractivity contribution is 14.1. The summed E-state index contributed by atoms with van der Waals surface area (Å²) in [4.78, 5) is 27.9. The Kier molecular flexibility index (Phi) is 5.03. The Morgan fingerprint density at radius 1 is 1.62 bits per heavy atom. The lowest BCUT2D eigenvalue weighted by molar-refractivity contribution is -0.117. The van der Waals surface area contributed by atoms with Crippen LogP contribution in [0.3, 0.4) is 0 Å². The third kappa shape index (κ3) is 3.45. The highest BCUT2D eigenvalue weighted by atomic mass is 127. The molecule has 0 bridgehead atoms. The molecule has 1 unspecified atom stereocenters. The predicted octanol–water partition coefficient (Wildman–Crippen LogP) is 2.74. The lowest BCUT2D eigenvalue weighted by Gasteiger charge is -2.18. The Morgan fingerprint density at radius 3 is 3.00 bits per heavy atom. The van der Waals surface area contributed by atoms with E-state index in [1.807, 2.05) is 0 Å². The lowest BCUT2D eigenvalue weighted by Crippen LogP contribution is -2.25. The normalized spacial score (nSPS) is 17.5. The smallest absolute Gasteiger partial charge is 0.337 e. The van der Waals surface area contributed by atoms with Gasteiger partial charge in [-0.1, -0.05) is 5.11 Å². The molecule has 1 amide bonds. The average Bonchev–Trinajstić information content (AvgIpc) is 2.85. The number of azide groups is 1. The number of halogens is 1. The van der Waals surface area contributed by atoms with Crippen LogP contribution in [-0.4, -0.2) is 32.1 Å². The molecule has 1 aromatic carbocycles. The van der Waals surface area contributed by atoms with Crippen LogP contribution in [0.1, 0.15) is 16.8 Å². The first-order chi connectivity index (χ1) is 10.1. The minimum absolute atomic E-state index is 0.00289. The SMILES string of the molecule is COC(=O)c1ccc(N2CC(CN=[N+]=[N-])CC2=O)c(I)c1. The van der Waals surface area contributed by atoms with Gasteiger partial charge < -0.3 is 9.64 Å². The largest absolute Gasteiger partial charge is 0.465 e. The van der Waals surface area contributed by atoms with Gasteiger partial charge in [-0.05, 0) is 52.2 Å². The lowest BCUT2D eigenvalue weighted by atomic mass is 10.1. The molecular weight excluding hydrogens is 387 g/mol. The monoisotopic (exact) mass is 400 g/mol. The number of esters is 1. The van der Waals surface area contributed by atoms with Crippen LogP contribution in [0.2, 0.25) is 0 Å². The second-order valence-corrected chi connectivity index (χ2v) is 5.81. The van der Waals surface area contributed by atoms with Crippen LogP contribution in [0, 0.1) is 9.49 Å². The van der Waals surface area contributed by atoms with E-state index in [9.17, 15) is 9.59 Å². The van der Waals surface area contributed by atoms with Crippen LogP contribution < -0.4 is 4.90 Å². The van der Waals surface area contributed by atoms with Gasteiger partial charge in [0.1, 0.15) is 0 Å². The minimum atomic E-state index is -0.409. The van der Waals surface area contributed by atoms with Gasteiger partial charge in [0.2, 0.25) is 5.91 Å². The standard InChI is InChI=1S/C13H13IN4O3/c1-21-13(20)9-2-3-11(10(14)5-9)18-7-8(4-12(18)19)6-16-17-15/h2-3,5,8H,4,6-7H2,1H3. The summed E-state index contributed by atoms with van der Waals surface area (Å²) in [7, 11) is 1.33. The number of carbonyl (C=O) groups excluding carboxylic acids is 2. The number of anilines is 1. The molecule has 1 heterocycles. The van der Waals surface area contributed by atoms with E-state index in [1.54, 1.807) is 23.1 Å². The van der Waals surface area contributed by atoms with E-state index < -0.39 is 5.97 Å². The number of benzene rings is 1. The van der Waals surface area contributed by atoms with Gasteiger partial charge in [0.25, 0.3) is 0 Å². The number of hydrogen-bond acceptors (Lipinski definition) is 4. The van der Waals surface area contributed by atoms with Gasteiger partial charge in [-0.15, -0.1) is 0 Å². The molecule has 0 radical (unpaired) electrons. The second kappa shape index (κ2) is 6.77. The number of methoxy groups -OCH3 is 1. The highest BCUT2D eigenvalue weighted by Gasteiger charge is 2.31. The number of rotatable bonds is 4. The fraction of sp³-hybridized carbons (Fsp3) is 0.385. The van der Waals surface area contributed by atoms with E-state index in [4.69, 9.17) is 5.53 Å². The van der Waals surface area contributed by atoms with Crippen molar-refractivity contribution in [2.24, 2.45) is 11.0 Å². The zero-order chi connectivity index (χ0) is 15.4. The van der Waals surface area contributed by atoms with Gasteiger partial charge in [-0.25, -0.2) is 4.79 Å². The van der Waals surface area contributed by atoms with E-state index in [1.165, 1.54) is 7.11 Å². The van der Waals surface area contributed by atoms with Gasteiger partial charge in [-0.3, -0.25) is 4.79 Å². The van der Waals surface area contributed by atoms with Crippen molar-refractivity contribution in [3.63, 3.8) is 0 Å². The van der Waals surface area contributed by atoms with Gasteiger partial charge in [0.05, 0.1) is 18.4 Å². The van der Waals surface area contributed by atoms with E-state index in [0.29, 0.717) is 25.1 Å². The van der Waals surface area contributed by atoms with Crippen LogP contribution in [0.5, 0.6) is 0 Å². The molecule has 0 N–H and O–H groups in total. The topological polar surface area (TPSA) is 95.4 Å². The van der Waals surface area contributed by atoms with Gasteiger partial charge in [0.15, 0.2) is 0 Å². The molecule has 1 fully saturated rings. The summed E-state index contributed by atoms with van der Waals surface area (Å²) in [6.45, 7) is 0.834. The van der Waals surface area contributed by atoms with E-state index in [2.05, 4.69) is 37.4 Å². The molecule has 110 valence electrons. The molecule has 1 saturated heterocycles. The Hall–Kier alpha value is -1.80. The average molecular weight is 400 g/mol. The molecule has 1 aliphatic heterocycles. The van der Waals surface area contributed by atoms with Crippen LogP contribution >= 0.6 is 22.6 Å². The quantitative estimate of drug-likeness (QED) is 0.256. The molecule has 0 aliphatic carbocycles. The van der Waals surface area contributed by atoms with Crippen molar-refractivity contribution in [2.45, 2.75) is 6.42 Å². The van der Waals surface area contributed by atoms with Crippen molar-refractivity contribution in [1.29, 1.82) is 0 Å². The van der Waals surface area contributed by atoms with E-state index in [-0.39, 0.29) is 11.8 Å². The van der Waals surface area contributed by atoms with Crippen LogP contribution in [0.4, 0.5) is 5.69 Å². The Bertz CT molecular complexity index is 628. The highest BCUT2D eigenvalue weighted by Crippen LogP contribution is 2.30. The maximum Gasteiger partial charge on any atom is 0.337 e. The van der Waals surface area contributed by atoms with E-state index >= 15 is 0 Å². The molecule has 1 aromatic rings. The third-order valence-electron chi connectivity index (χ3n) is 3.27. The van der Waals surface area contributed by atoms with Crippen LogP contribution in [-0.2, 0) is 9.53 Å². The first kappa shape index (κ1) is 15.6. The van der Waals surface area contributed by atoms with Crippen LogP contribution in [0.15, 0.2) is 23.3 Å². The van der Waals surface area contributed by atoms with Gasteiger partial charge in [0, 0.05) is 28.0 Å². The summed E-state index contributed by atoms with van der Waals surface area (Å²) < 4.78 is 5.47. The fourth-order valence-corrected chi connectivity index (χ4v) is 3.07. The Labute approximate surface area is 135 Å². The van der Waals surface area contributed by atoms with Gasteiger partial charge >= 0.3 is 5.97 Å². The summed E-state index contributed by atoms with van der Waals surface area (Å²) in [6.07, 6.45) is 0.369. The van der Waals surface area contributed by atoms with Crippen molar-refractivity contribution >= 4 is 40.2 Å². The minimum Gasteiger partial charge on any atom is -0.465 e. The number of hydrogen-bond donors (Lipinski definition) is 0. The third-order valence-corrected chi connectivity index (χ3v) is 4.13.